The Labute approximate surface area is 90.6 Å². The molecular formula is C9H14F4N2O. The van der Waals surface area contributed by atoms with Crippen LogP contribution in [0.1, 0.15) is 6.92 Å². The Hall–Kier alpha value is -0.690. The fraction of sp³-hybridized carbons (Fsp3) is 0.889. The maximum atomic E-state index is 13.3. The first-order valence-corrected chi connectivity index (χ1v) is 5.07. The van der Waals surface area contributed by atoms with Crippen LogP contribution in [-0.4, -0.2) is 43.8 Å². The lowest BCUT2D eigenvalue weighted by Crippen LogP contribution is -2.51. The molecule has 1 aliphatic rings. The van der Waals surface area contributed by atoms with Gasteiger partial charge >= 0.3 is 6.18 Å². The number of carbonyl (C=O) groups excluding carboxylic acids is 1. The second-order valence-electron chi connectivity index (χ2n) is 3.74. The van der Waals surface area contributed by atoms with Gasteiger partial charge in [-0.05, 0) is 6.54 Å². The van der Waals surface area contributed by atoms with Crippen LogP contribution in [0.5, 0.6) is 0 Å². The Balaban J connectivity index is 2.78. The number of halogens is 4. The molecule has 3 atom stereocenters. The summed E-state index contributed by atoms with van der Waals surface area (Å²) in [5.41, 5.74) is 0. The molecule has 1 rings (SSSR count). The van der Waals surface area contributed by atoms with Gasteiger partial charge < -0.3 is 10.6 Å². The highest BCUT2D eigenvalue weighted by Gasteiger charge is 2.48. The number of Topliss-reactive ketones (excluding diaryl/α,β-unsaturated/α-hetero) is 1. The van der Waals surface area contributed by atoms with Gasteiger partial charge in [0.25, 0.3) is 5.78 Å². The minimum Gasteiger partial charge on any atom is -0.313 e. The van der Waals surface area contributed by atoms with Crippen LogP contribution >= 0.6 is 0 Å². The van der Waals surface area contributed by atoms with Crippen LogP contribution in [0.4, 0.5) is 17.6 Å². The Bertz CT molecular complexity index is 256. The predicted molar refractivity (Wildman–Crippen MR) is 49.8 cm³/mol. The van der Waals surface area contributed by atoms with Gasteiger partial charge in [-0.3, -0.25) is 4.79 Å². The van der Waals surface area contributed by atoms with Crippen LogP contribution in [0.15, 0.2) is 0 Å². The third-order valence-electron chi connectivity index (χ3n) is 2.60. The summed E-state index contributed by atoms with van der Waals surface area (Å²) in [6.45, 7) is 1.85. The monoisotopic (exact) mass is 242 g/mol. The van der Waals surface area contributed by atoms with Crippen molar-refractivity contribution in [1.29, 1.82) is 0 Å². The molecule has 0 spiro atoms. The lowest BCUT2D eigenvalue weighted by Gasteiger charge is -2.24. The van der Waals surface area contributed by atoms with Gasteiger partial charge in [-0.1, -0.05) is 6.92 Å². The number of nitrogens with one attached hydrogen (secondary N) is 2. The summed E-state index contributed by atoms with van der Waals surface area (Å²) in [5, 5.41) is 5.04. The number of likely N-dealkylation sites (N-methyl/N-ethyl adjacent to an activating group) is 1. The van der Waals surface area contributed by atoms with Crippen molar-refractivity contribution in [3.63, 3.8) is 0 Å². The molecule has 0 amide bonds. The van der Waals surface area contributed by atoms with Crippen molar-refractivity contribution >= 4 is 5.78 Å². The molecule has 1 fully saturated rings. The molecule has 0 aliphatic carbocycles. The zero-order chi connectivity index (χ0) is 12.3. The minimum atomic E-state index is -4.92. The van der Waals surface area contributed by atoms with Crippen LogP contribution in [0, 0.1) is 5.92 Å². The Morgan fingerprint density at radius 3 is 2.50 bits per heavy atom. The molecule has 0 aromatic heterocycles. The van der Waals surface area contributed by atoms with Crippen molar-refractivity contribution in [3.05, 3.63) is 0 Å². The zero-order valence-corrected chi connectivity index (χ0v) is 8.77. The number of hydrogen-bond donors (Lipinski definition) is 2. The van der Waals surface area contributed by atoms with E-state index < -0.39 is 30.1 Å². The predicted octanol–water partition coefficient (Wildman–Crippen LogP) is 0.653. The molecule has 1 unspecified atom stereocenters. The summed E-state index contributed by atoms with van der Waals surface area (Å²) in [6.07, 6.45) is -6.34. The fourth-order valence-corrected chi connectivity index (χ4v) is 1.83. The second kappa shape index (κ2) is 5.09. The highest BCUT2D eigenvalue weighted by Crippen LogP contribution is 2.25. The average molecular weight is 242 g/mol. The highest BCUT2D eigenvalue weighted by molar-refractivity contribution is 5.89. The molecule has 0 saturated carbocycles. The van der Waals surface area contributed by atoms with E-state index in [-0.39, 0.29) is 19.6 Å². The number of hydrogen-bond acceptors (Lipinski definition) is 3. The quantitative estimate of drug-likeness (QED) is 0.711. The van der Waals surface area contributed by atoms with Crippen molar-refractivity contribution in [2.24, 2.45) is 5.92 Å². The first-order chi connectivity index (χ1) is 7.38. The Kier molecular flexibility index (Phi) is 4.26. The van der Waals surface area contributed by atoms with E-state index in [1.807, 2.05) is 0 Å². The average Bonchev–Trinajstić information content (AvgIpc) is 2.58. The molecule has 0 aromatic carbocycles. The summed E-state index contributed by atoms with van der Waals surface area (Å²) >= 11 is 0. The van der Waals surface area contributed by atoms with Gasteiger partial charge in [-0.25, -0.2) is 4.39 Å². The molecule has 16 heavy (non-hydrogen) atoms. The van der Waals surface area contributed by atoms with E-state index >= 15 is 0 Å². The smallest absolute Gasteiger partial charge is 0.313 e. The van der Waals surface area contributed by atoms with E-state index in [1.54, 1.807) is 6.92 Å². The molecule has 1 saturated heterocycles. The molecule has 0 bridgehead atoms. The van der Waals surface area contributed by atoms with Crippen molar-refractivity contribution in [2.45, 2.75) is 25.3 Å². The first kappa shape index (κ1) is 13.4. The Morgan fingerprint density at radius 2 is 2.12 bits per heavy atom. The maximum Gasteiger partial charge on any atom is 0.451 e. The standard InChI is InChI=1S/C9H14F4N2O/c1-2-15-7(8(16)9(11,12)13)5-3-14-4-6(5)10/h5-7,14-15H,2-4H2,1H3/t5-,6-,7?/m1/s1. The van der Waals surface area contributed by atoms with Crippen molar-refractivity contribution in [1.82, 2.24) is 10.6 Å². The number of carbonyl (C=O) groups is 1. The van der Waals surface area contributed by atoms with Crippen LogP contribution in [0.3, 0.4) is 0 Å². The summed E-state index contributed by atoms with van der Waals surface area (Å²) in [5.74, 6) is -2.85. The fourth-order valence-electron chi connectivity index (χ4n) is 1.83. The third kappa shape index (κ3) is 2.91. The summed E-state index contributed by atoms with van der Waals surface area (Å²) in [6, 6.07) is -1.49. The van der Waals surface area contributed by atoms with Crippen LogP contribution in [-0.2, 0) is 4.79 Å². The second-order valence-corrected chi connectivity index (χ2v) is 3.74. The normalized spacial score (nSPS) is 28.1. The molecule has 1 heterocycles. The van der Waals surface area contributed by atoms with E-state index in [0.717, 1.165) is 0 Å². The van der Waals surface area contributed by atoms with Gasteiger partial charge in [0.15, 0.2) is 0 Å². The van der Waals surface area contributed by atoms with Crippen molar-refractivity contribution in [3.8, 4) is 0 Å². The van der Waals surface area contributed by atoms with Gasteiger partial charge in [0.05, 0.1) is 6.04 Å². The molecule has 1 aliphatic heterocycles. The molecule has 3 nitrogen and oxygen atoms in total. The largest absolute Gasteiger partial charge is 0.451 e. The molecule has 94 valence electrons. The van der Waals surface area contributed by atoms with Crippen LogP contribution in [0.2, 0.25) is 0 Å². The number of ketones is 1. The summed E-state index contributed by atoms with van der Waals surface area (Å²) in [4.78, 5) is 11.1. The van der Waals surface area contributed by atoms with Crippen LogP contribution < -0.4 is 10.6 Å². The minimum absolute atomic E-state index is 0.00228. The summed E-state index contributed by atoms with van der Waals surface area (Å²) in [7, 11) is 0. The van der Waals surface area contributed by atoms with Crippen molar-refractivity contribution < 1.29 is 22.4 Å². The molecule has 7 heteroatoms. The summed E-state index contributed by atoms with van der Waals surface area (Å²) < 4.78 is 50.1. The maximum absolute atomic E-state index is 13.3. The number of rotatable bonds is 4. The first-order valence-electron chi connectivity index (χ1n) is 5.07. The molecule has 2 N–H and O–H groups in total. The van der Waals surface area contributed by atoms with E-state index in [1.165, 1.54) is 0 Å². The Morgan fingerprint density at radius 1 is 1.50 bits per heavy atom. The van der Waals surface area contributed by atoms with Crippen molar-refractivity contribution in [2.75, 3.05) is 19.6 Å². The van der Waals surface area contributed by atoms with E-state index in [9.17, 15) is 22.4 Å². The SMILES string of the molecule is CCNC(C(=O)C(F)(F)F)[C@@H]1CNC[C@H]1F. The van der Waals surface area contributed by atoms with Gasteiger partial charge in [-0.15, -0.1) is 0 Å². The molecule has 0 radical (unpaired) electrons. The zero-order valence-electron chi connectivity index (χ0n) is 8.77. The number of alkyl halides is 4. The lowest BCUT2D eigenvalue weighted by molar-refractivity contribution is -0.175. The van der Waals surface area contributed by atoms with Gasteiger partial charge in [0, 0.05) is 19.0 Å². The lowest BCUT2D eigenvalue weighted by atomic mass is 9.93. The molecular weight excluding hydrogens is 228 g/mol. The van der Waals surface area contributed by atoms with Gasteiger partial charge in [-0.2, -0.15) is 13.2 Å². The topological polar surface area (TPSA) is 41.1 Å². The molecule has 0 aromatic rings. The van der Waals surface area contributed by atoms with Crippen LogP contribution in [0.25, 0.3) is 0 Å². The van der Waals surface area contributed by atoms with E-state index in [0.29, 0.717) is 0 Å². The third-order valence-corrected chi connectivity index (χ3v) is 2.60. The van der Waals surface area contributed by atoms with Gasteiger partial charge in [0.1, 0.15) is 6.17 Å². The van der Waals surface area contributed by atoms with Gasteiger partial charge in [0.2, 0.25) is 0 Å². The van der Waals surface area contributed by atoms with E-state index in [4.69, 9.17) is 0 Å². The highest BCUT2D eigenvalue weighted by atomic mass is 19.4. The van der Waals surface area contributed by atoms with E-state index in [2.05, 4.69) is 10.6 Å².